The zero-order valence-corrected chi connectivity index (χ0v) is 11.6. The van der Waals surface area contributed by atoms with E-state index in [2.05, 4.69) is 32.6 Å². The third kappa shape index (κ3) is 2.58. The topological polar surface area (TPSA) is 32.7 Å². The van der Waals surface area contributed by atoms with Crippen molar-refractivity contribution in [2.45, 2.75) is 58.8 Å². The first-order chi connectivity index (χ1) is 7.24. The van der Waals surface area contributed by atoms with Crippen LogP contribution in [-0.4, -0.2) is 46.9 Å². The normalized spacial score (nSPS) is 32.2. The summed E-state index contributed by atoms with van der Waals surface area (Å²) >= 11 is 0. The highest BCUT2D eigenvalue weighted by molar-refractivity contribution is 5.02. The van der Waals surface area contributed by atoms with Crippen molar-refractivity contribution in [3.8, 4) is 0 Å². The minimum Gasteiger partial charge on any atom is -0.390 e. The Labute approximate surface area is 99.8 Å². The maximum atomic E-state index is 10.3. The molecule has 0 bridgehead atoms. The van der Waals surface area contributed by atoms with Crippen LogP contribution < -0.4 is 0 Å². The monoisotopic (exact) mass is 229 g/mol. The minimum absolute atomic E-state index is 0.183. The van der Waals surface area contributed by atoms with Gasteiger partial charge in [0, 0.05) is 12.5 Å². The van der Waals surface area contributed by atoms with Crippen molar-refractivity contribution in [3.63, 3.8) is 0 Å². The van der Waals surface area contributed by atoms with Crippen molar-refractivity contribution in [1.82, 2.24) is 4.90 Å². The van der Waals surface area contributed by atoms with Gasteiger partial charge >= 0.3 is 0 Å². The third-order valence-corrected chi connectivity index (χ3v) is 3.86. The van der Waals surface area contributed by atoms with Gasteiger partial charge in [-0.1, -0.05) is 13.8 Å². The van der Waals surface area contributed by atoms with E-state index in [-0.39, 0.29) is 17.6 Å². The molecule has 1 aliphatic heterocycles. The summed E-state index contributed by atoms with van der Waals surface area (Å²) in [7, 11) is 0. The van der Waals surface area contributed by atoms with Crippen molar-refractivity contribution in [1.29, 1.82) is 0 Å². The fraction of sp³-hybridized carbons (Fsp3) is 1.00. The van der Waals surface area contributed by atoms with E-state index in [4.69, 9.17) is 4.74 Å². The van der Waals surface area contributed by atoms with Crippen molar-refractivity contribution < 1.29 is 9.84 Å². The summed E-state index contributed by atoms with van der Waals surface area (Å²) in [6.07, 6.45) is -0.386. The van der Waals surface area contributed by atoms with E-state index in [1.54, 1.807) is 0 Å². The lowest BCUT2D eigenvalue weighted by molar-refractivity contribution is -0.0913. The SMILES string of the molecule is CCN(CC)CC1C(O)C(C)(C)OC1(C)C. The molecule has 1 fully saturated rings. The third-order valence-electron chi connectivity index (χ3n) is 3.86. The van der Waals surface area contributed by atoms with Crippen LogP contribution >= 0.6 is 0 Å². The summed E-state index contributed by atoms with van der Waals surface area (Å²) in [4.78, 5) is 2.35. The molecule has 0 saturated carbocycles. The summed E-state index contributed by atoms with van der Waals surface area (Å²) in [5.74, 6) is 0.183. The number of rotatable bonds is 4. The Bertz CT molecular complexity index is 234. The summed E-state index contributed by atoms with van der Waals surface area (Å²) < 4.78 is 5.97. The summed E-state index contributed by atoms with van der Waals surface area (Å²) in [5.41, 5.74) is -0.674. The first-order valence-electron chi connectivity index (χ1n) is 6.35. The molecule has 0 aliphatic carbocycles. The molecule has 0 aromatic rings. The predicted octanol–water partition coefficient (Wildman–Crippen LogP) is 1.89. The molecule has 3 heteroatoms. The van der Waals surface area contributed by atoms with Gasteiger partial charge in [-0.05, 0) is 40.8 Å². The molecule has 2 unspecified atom stereocenters. The van der Waals surface area contributed by atoms with Gasteiger partial charge in [-0.15, -0.1) is 0 Å². The maximum Gasteiger partial charge on any atom is 0.0896 e. The van der Waals surface area contributed by atoms with Crippen LogP contribution in [0.25, 0.3) is 0 Å². The lowest BCUT2D eigenvalue weighted by Crippen LogP contribution is -2.43. The first-order valence-corrected chi connectivity index (χ1v) is 6.35. The smallest absolute Gasteiger partial charge is 0.0896 e. The van der Waals surface area contributed by atoms with Crippen LogP contribution in [0.2, 0.25) is 0 Å². The van der Waals surface area contributed by atoms with Gasteiger partial charge in [-0.2, -0.15) is 0 Å². The lowest BCUT2D eigenvalue weighted by Gasteiger charge is -2.31. The van der Waals surface area contributed by atoms with Gasteiger partial charge in [-0.25, -0.2) is 0 Å². The van der Waals surface area contributed by atoms with Gasteiger partial charge in [0.2, 0.25) is 0 Å². The number of nitrogens with zero attached hydrogens (tertiary/aromatic N) is 1. The Kier molecular flexibility index (Phi) is 4.04. The fourth-order valence-electron chi connectivity index (χ4n) is 2.76. The molecule has 1 heterocycles. The first kappa shape index (κ1) is 13.9. The van der Waals surface area contributed by atoms with Crippen LogP contribution in [0.1, 0.15) is 41.5 Å². The molecular formula is C13H27NO2. The van der Waals surface area contributed by atoms with E-state index >= 15 is 0 Å². The highest BCUT2D eigenvalue weighted by atomic mass is 16.5. The largest absolute Gasteiger partial charge is 0.390 e. The average Bonchev–Trinajstić information content (AvgIpc) is 2.30. The molecule has 16 heavy (non-hydrogen) atoms. The highest BCUT2D eigenvalue weighted by Crippen LogP contribution is 2.42. The Balaban J connectivity index is 2.78. The predicted molar refractivity (Wildman–Crippen MR) is 66.5 cm³/mol. The quantitative estimate of drug-likeness (QED) is 0.799. The van der Waals surface area contributed by atoms with Crippen LogP contribution in [0.3, 0.4) is 0 Å². The molecule has 1 aliphatic rings. The van der Waals surface area contributed by atoms with E-state index < -0.39 is 5.60 Å². The zero-order valence-electron chi connectivity index (χ0n) is 11.6. The van der Waals surface area contributed by atoms with Crippen LogP contribution in [0.5, 0.6) is 0 Å². The van der Waals surface area contributed by atoms with Crippen LogP contribution in [-0.2, 0) is 4.74 Å². The van der Waals surface area contributed by atoms with E-state index in [0.717, 1.165) is 19.6 Å². The Morgan fingerprint density at radius 3 is 1.88 bits per heavy atom. The molecule has 1 saturated heterocycles. The molecular weight excluding hydrogens is 202 g/mol. The molecule has 0 radical (unpaired) electrons. The maximum absolute atomic E-state index is 10.3. The molecule has 96 valence electrons. The van der Waals surface area contributed by atoms with E-state index in [1.165, 1.54) is 0 Å². The Morgan fingerprint density at radius 1 is 1.06 bits per heavy atom. The Morgan fingerprint density at radius 2 is 1.56 bits per heavy atom. The molecule has 0 aromatic heterocycles. The zero-order chi connectivity index (χ0) is 12.6. The van der Waals surface area contributed by atoms with E-state index in [9.17, 15) is 5.11 Å². The number of ether oxygens (including phenoxy) is 1. The van der Waals surface area contributed by atoms with Crippen molar-refractivity contribution in [2.24, 2.45) is 5.92 Å². The number of hydrogen-bond donors (Lipinski definition) is 1. The van der Waals surface area contributed by atoms with E-state index in [0.29, 0.717) is 0 Å². The highest BCUT2D eigenvalue weighted by Gasteiger charge is 2.53. The lowest BCUT2D eigenvalue weighted by atomic mass is 9.84. The van der Waals surface area contributed by atoms with Gasteiger partial charge in [0.25, 0.3) is 0 Å². The van der Waals surface area contributed by atoms with Crippen molar-refractivity contribution in [2.75, 3.05) is 19.6 Å². The summed E-state index contributed by atoms with van der Waals surface area (Å²) in [6.45, 7) is 15.4. The van der Waals surface area contributed by atoms with E-state index in [1.807, 2.05) is 13.8 Å². The van der Waals surface area contributed by atoms with Gasteiger partial charge < -0.3 is 14.7 Å². The van der Waals surface area contributed by atoms with Gasteiger partial charge in [0.05, 0.1) is 17.3 Å². The minimum atomic E-state index is -0.429. The second-order valence-corrected chi connectivity index (χ2v) is 5.85. The van der Waals surface area contributed by atoms with Crippen molar-refractivity contribution >= 4 is 0 Å². The molecule has 3 nitrogen and oxygen atoms in total. The van der Waals surface area contributed by atoms with Crippen LogP contribution in [0.15, 0.2) is 0 Å². The summed E-state index contributed by atoms with van der Waals surface area (Å²) in [5, 5.41) is 10.3. The standard InChI is InChI=1S/C13H27NO2/c1-7-14(8-2)9-10-11(15)13(5,6)16-12(10,3)4/h10-11,15H,7-9H2,1-6H3. The van der Waals surface area contributed by atoms with Gasteiger partial charge in [0.15, 0.2) is 0 Å². The molecule has 2 atom stereocenters. The van der Waals surface area contributed by atoms with Crippen LogP contribution in [0, 0.1) is 5.92 Å². The van der Waals surface area contributed by atoms with Gasteiger partial charge in [-0.3, -0.25) is 0 Å². The van der Waals surface area contributed by atoms with Crippen LogP contribution in [0.4, 0.5) is 0 Å². The number of aliphatic hydroxyl groups excluding tert-OH is 1. The second kappa shape index (κ2) is 4.63. The molecule has 0 amide bonds. The molecule has 0 spiro atoms. The molecule has 1 N–H and O–H groups in total. The fourth-order valence-corrected chi connectivity index (χ4v) is 2.76. The summed E-state index contributed by atoms with van der Waals surface area (Å²) in [6, 6.07) is 0. The second-order valence-electron chi connectivity index (χ2n) is 5.85. The Hall–Kier alpha value is -0.120. The average molecular weight is 229 g/mol. The number of hydrogen-bond acceptors (Lipinski definition) is 3. The molecule has 1 rings (SSSR count). The molecule has 0 aromatic carbocycles. The van der Waals surface area contributed by atoms with Gasteiger partial charge in [0.1, 0.15) is 0 Å². The number of aliphatic hydroxyl groups is 1. The van der Waals surface area contributed by atoms with Crippen molar-refractivity contribution in [3.05, 3.63) is 0 Å².